The largest absolute Gasteiger partial charge is 5.00 e. The van der Waals surface area contributed by atoms with Crippen molar-refractivity contribution in [3.63, 3.8) is 0 Å². The number of rotatable bonds is 8. The second kappa shape index (κ2) is 17.3. The Morgan fingerprint density at radius 3 is 0.864 bits per heavy atom. The van der Waals surface area contributed by atoms with Gasteiger partial charge in [0.25, 0.3) is 0 Å². The summed E-state index contributed by atoms with van der Waals surface area (Å²) in [6.07, 6.45) is 0. The zero-order chi connectivity index (χ0) is 16.3. The fourth-order valence-corrected chi connectivity index (χ4v) is 0.993. The van der Waals surface area contributed by atoms with Gasteiger partial charge in [-0.1, -0.05) is 0 Å². The first-order valence-electron chi connectivity index (χ1n) is 5.21. The summed E-state index contributed by atoms with van der Waals surface area (Å²) in [5.74, 6) is -5.21. The van der Waals surface area contributed by atoms with E-state index in [4.69, 9.17) is 0 Å². The summed E-state index contributed by atoms with van der Waals surface area (Å²) in [7, 11) is 2.71. The predicted octanol–water partition coefficient (Wildman–Crippen LogP) is -10.2. The van der Waals surface area contributed by atoms with Gasteiger partial charge in [0, 0.05) is 26.2 Å². The molecule has 0 amide bonds. The molecule has 0 bridgehead atoms. The van der Waals surface area contributed by atoms with Crippen molar-refractivity contribution >= 4 is 23.9 Å². The molecule has 0 aromatic rings. The van der Waals surface area contributed by atoms with Crippen LogP contribution in [-0.4, -0.2) is 74.0 Å². The van der Waals surface area contributed by atoms with Crippen LogP contribution < -0.4 is 71.8 Å². The first-order chi connectivity index (χ1) is 9.04. The van der Waals surface area contributed by atoms with Gasteiger partial charge in [-0.05, 0) is 14.1 Å². The molecule has 0 aliphatic rings. The van der Waals surface area contributed by atoms with Crippen LogP contribution in [0.1, 0.15) is 0 Å². The summed E-state index contributed by atoms with van der Waals surface area (Å²) in [4.78, 5) is 41.4. The Morgan fingerprint density at radius 1 is 0.636 bits per heavy atom. The molecule has 0 saturated heterocycles. The second-order valence-electron chi connectivity index (χ2n) is 3.83. The number of hydrogen-bond acceptors (Lipinski definition) is 10. The van der Waals surface area contributed by atoms with Gasteiger partial charge >= 0.3 is 68.5 Å². The van der Waals surface area contributed by atoms with E-state index in [1.54, 1.807) is 0 Å². The molecule has 10 nitrogen and oxygen atoms in total. The second-order valence-corrected chi connectivity index (χ2v) is 3.83. The van der Waals surface area contributed by atoms with Crippen molar-refractivity contribution < 1.29 is 108 Å². The van der Waals surface area contributed by atoms with Crippen LogP contribution in [0.25, 0.3) is 0 Å². The van der Waals surface area contributed by atoms with E-state index in [-0.39, 0.29) is 68.5 Å². The molecule has 22 heavy (non-hydrogen) atoms. The van der Waals surface area contributed by atoms with Crippen molar-refractivity contribution in [3.05, 3.63) is 0 Å². The minimum absolute atomic E-state index is 0. The van der Waals surface area contributed by atoms with Crippen molar-refractivity contribution in [2.24, 2.45) is 0 Å². The van der Waals surface area contributed by atoms with Gasteiger partial charge in [-0.3, -0.25) is 9.80 Å². The molecule has 119 valence electrons. The Kier molecular flexibility index (Phi) is 23.5. The van der Waals surface area contributed by atoms with E-state index in [0.29, 0.717) is 0 Å². The van der Waals surface area contributed by atoms with Gasteiger partial charge in [0.1, 0.15) is 0 Å². The van der Waals surface area contributed by atoms with Gasteiger partial charge in [0.05, 0.1) is 23.9 Å². The zero-order valence-corrected chi connectivity index (χ0v) is 16.6. The van der Waals surface area contributed by atoms with Crippen LogP contribution in [0.4, 0.5) is 0 Å². The van der Waals surface area contributed by atoms with Gasteiger partial charge in [-0.2, -0.15) is 0 Å². The third kappa shape index (κ3) is 28.2. The molecule has 0 rings (SSSR count). The van der Waals surface area contributed by atoms with E-state index in [1.807, 2.05) is 0 Å². The molecule has 12 heteroatoms. The molecule has 0 aromatic heterocycles. The van der Waals surface area contributed by atoms with Crippen molar-refractivity contribution in [1.29, 1.82) is 0 Å². The van der Waals surface area contributed by atoms with Crippen molar-refractivity contribution in [1.82, 2.24) is 9.80 Å². The Bertz CT molecular complexity index is 303. The zero-order valence-electron chi connectivity index (χ0n) is 12.3. The molecular formula is C10H14FeKN2O8+2. The maximum atomic E-state index is 9.83. The minimum Gasteiger partial charge on any atom is -0.549 e. The number of carbonyl (C=O) groups is 4. The molecule has 0 unspecified atom stereocenters. The summed E-state index contributed by atoms with van der Waals surface area (Å²) in [6, 6.07) is 0. The molecule has 0 saturated carbocycles. The molecule has 0 aliphatic heterocycles. The molecule has 0 aliphatic carbocycles. The van der Waals surface area contributed by atoms with Crippen LogP contribution in [0.15, 0.2) is 0 Å². The molecule has 0 N–H and O–H groups in total. The van der Waals surface area contributed by atoms with Crippen molar-refractivity contribution in [3.8, 4) is 0 Å². The van der Waals surface area contributed by atoms with E-state index in [2.05, 4.69) is 0 Å². The van der Waals surface area contributed by atoms with E-state index in [1.165, 1.54) is 14.1 Å². The van der Waals surface area contributed by atoms with E-state index in [9.17, 15) is 39.6 Å². The number of nitrogens with zero attached hydrogens (tertiary/aromatic N) is 2. The normalized spacial score (nSPS) is 8.91. The smallest absolute Gasteiger partial charge is 0.549 e. The van der Waals surface area contributed by atoms with Gasteiger partial charge in [-0.15, -0.1) is 0 Å². The standard InChI is InChI=1S/2C5H9NO4.Fe.K/c2*1-6(2-4(7)8)3-5(9)10;;/h2*2-3H2,1H3,(H,7,8)(H,9,10);;/q;;+5;+1/p-4. The van der Waals surface area contributed by atoms with Crippen LogP contribution in [0.2, 0.25) is 0 Å². The quantitative estimate of drug-likeness (QED) is 0.366. The summed E-state index contributed by atoms with van der Waals surface area (Å²) < 4.78 is 0. The number of hydrogen-bond donors (Lipinski definition) is 0. The molecule has 0 fully saturated rings. The maximum Gasteiger partial charge on any atom is 5.00 e. The fourth-order valence-electron chi connectivity index (χ4n) is 0.993. The van der Waals surface area contributed by atoms with E-state index < -0.39 is 50.1 Å². The summed E-state index contributed by atoms with van der Waals surface area (Å²) >= 11 is 0. The molecule has 0 atom stereocenters. The van der Waals surface area contributed by atoms with Crippen molar-refractivity contribution in [2.45, 2.75) is 0 Å². The summed E-state index contributed by atoms with van der Waals surface area (Å²) in [6.45, 7) is -1.58. The van der Waals surface area contributed by atoms with Crippen LogP contribution >= 0.6 is 0 Å². The molecule has 0 heterocycles. The van der Waals surface area contributed by atoms with E-state index >= 15 is 0 Å². The predicted molar refractivity (Wildman–Crippen MR) is 55.0 cm³/mol. The average molecular weight is 385 g/mol. The number of aliphatic carboxylic acids is 4. The van der Waals surface area contributed by atoms with Crippen LogP contribution in [0, 0.1) is 0 Å². The van der Waals surface area contributed by atoms with Gasteiger partial charge < -0.3 is 39.6 Å². The van der Waals surface area contributed by atoms with Crippen LogP contribution in [0.3, 0.4) is 0 Å². The number of likely N-dealkylation sites (N-methyl/N-ethyl adjacent to an activating group) is 2. The fraction of sp³-hybridized carbons (Fsp3) is 0.600. The third-order valence-corrected chi connectivity index (χ3v) is 1.60. The molecular weight excluding hydrogens is 371 g/mol. The Morgan fingerprint density at radius 2 is 0.773 bits per heavy atom. The average Bonchev–Trinajstić information content (AvgIpc) is 2.11. The van der Waals surface area contributed by atoms with Crippen LogP contribution in [-0.2, 0) is 36.2 Å². The number of carboxylic acid groups (broad SMARTS) is 4. The number of carbonyl (C=O) groups excluding carboxylic acids is 4. The van der Waals surface area contributed by atoms with Crippen LogP contribution in [0.5, 0.6) is 0 Å². The van der Waals surface area contributed by atoms with Gasteiger partial charge in [-0.25, -0.2) is 0 Å². The monoisotopic (exact) mass is 385 g/mol. The third-order valence-electron chi connectivity index (χ3n) is 1.60. The Balaban J connectivity index is -0.000000135. The minimum atomic E-state index is -1.30. The molecule has 0 spiro atoms. The Labute approximate surface area is 180 Å². The number of carboxylic acids is 4. The van der Waals surface area contributed by atoms with Gasteiger partial charge in [0.2, 0.25) is 0 Å². The maximum absolute atomic E-state index is 9.83. The molecule has 1 radical (unpaired) electrons. The molecule has 0 aromatic carbocycles. The first kappa shape index (κ1) is 29.9. The Hall–Kier alpha value is -0.0442. The van der Waals surface area contributed by atoms with E-state index in [0.717, 1.165) is 9.80 Å². The van der Waals surface area contributed by atoms with Crippen molar-refractivity contribution in [2.75, 3.05) is 40.3 Å². The first-order valence-corrected chi connectivity index (χ1v) is 5.21. The summed E-state index contributed by atoms with van der Waals surface area (Å²) in [5.41, 5.74) is 0. The SMILES string of the molecule is CN(CC(=O)[O-])CC(=O)[O-].CN(CC(=O)[O-])CC(=O)[O-].[Fe+5].[K+]. The topological polar surface area (TPSA) is 167 Å². The van der Waals surface area contributed by atoms with Gasteiger partial charge in [0.15, 0.2) is 0 Å². The summed E-state index contributed by atoms with van der Waals surface area (Å²) in [5, 5.41) is 39.3.